The highest BCUT2D eigenvalue weighted by molar-refractivity contribution is 7.17. The summed E-state index contributed by atoms with van der Waals surface area (Å²) >= 11 is 0.815. The van der Waals surface area contributed by atoms with Gasteiger partial charge in [-0.15, -0.1) is 0 Å². The van der Waals surface area contributed by atoms with Gasteiger partial charge in [-0.2, -0.15) is 0 Å². The molecule has 0 saturated heterocycles. The molecule has 1 saturated carbocycles. The Kier molecular flexibility index (Phi) is 4.07. The minimum atomic E-state index is -0.532. The van der Waals surface area contributed by atoms with Gasteiger partial charge in [-0.1, -0.05) is 17.4 Å². The van der Waals surface area contributed by atoms with Crippen LogP contribution in [0.2, 0.25) is 0 Å². The third-order valence-corrected chi connectivity index (χ3v) is 4.37. The first-order valence-corrected chi connectivity index (χ1v) is 7.81. The maximum Gasteiger partial charge on any atom is 0.324 e. The van der Waals surface area contributed by atoms with Crippen LogP contribution in [0.4, 0.5) is 16.4 Å². The molecule has 1 heterocycles. The van der Waals surface area contributed by atoms with E-state index in [2.05, 4.69) is 10.6 Å². The standard InChI is InChI=1S/C15H13N3O4S/c19-14(9-4-5-9)16-10-2-1-3-11(8-10)17-15(20)12-6-7-13(23-12)18(21)22/h1-3,6-9H,4-5H2,(H,16,19)(H,17,20). The number of anilines is 2. The number of carbonyl (C=O) groups is 2. The summed E-state index contributed by atoms with van der Waals surface area (Å²) in [6.07, 6.45) is 1.83. The zero-order chi connectivity index (χ0) is 16.4. The van der Waals surface area contributed by atoms with Crippen molar-refractivity contribution in [2.45, 2.75) is 12.8 Å². The lowest BCUT2D eigenvalue weighted by Crippen LogP contribution is -2.14. The van der Waals surface area contributed by atoms with E-state index in [9.17, 15) is 19.7 Å². The predicted octanol–water partition coefficient (Wildman–Crippen LogP) is 3.26. The Bertz CT molecular complexity index is 783. The minimum absolute atomic E-state index is 0.0117. The molecule has 2 aromatic rings. The Hall–Kier alpha value is -2.74. The van der Waals surface area contributed by atoms with Crippen LogP contribution in [0.15, 0.2) is 36.4 Å². The summed E-state index contributed by atoms with van der Waals surface area (Å²) in [5.74, 6) is -0.337. The van der Waals surface area contributed by atoms with Gasteiger partial charge in [0.2, 0.25) is 5.91 Å². The van der Waals surface area contributed by atoms with Crippen LogP contribution >= 0.6 is 11.3 Å². The summed E-state index contributed by atoms with van der Waals surface area (Å²) in [7, 11) is 0. The Morgan fingerprint density at radius 2 is 1.83 bits per heavy atom. The SMILES string of the molecule is O=C(Nc1cccc(NC(=O)C2CC2)c1)c1ccc([N+](=O)[O-])s1. The predicted molar refractivity (Wildman–Crippen MR) is 86.7 cm³/mol. The molecule has 23 heavy (non-hydrogen) atoms. The summed E-state index contributed by atoms with van der Waals surface area (Å²) in [5.41, 5.74) is 1.12. The second-order valence-corrected chi connectivity index (χ2v) is 6.26. The Labute approximate surface area is 135 Å². The number of nitro groups is 1. The summed E-state index contributed by atoms with van der Waals surface area (Å²) < 4.78 is 0. The van der Waals surface area contributed by atoms with E-state index in [1.807, 2.05) is 0 Å². The van der Waals surface area contributed by atoms with E-state index in [1.165, 1.54) is 12.1 Å². The summed E-state index contributed by atoms with van der Waals surface area (Å²) in [4.78, 5) is 34.2. The van der Waals surface area contributed by atoms with Gasteiger partial charge < -0.3 is 10.6 Å². The van der Waals surface area contributed by atoms with Crippen LogP contribution in [0, 0.1) is 16.0 Å². The molecule has 3 rings (SSSR count). The fraction of sp³-hybridized carbons (Fsp3) is 0.200. The smallest absolute Gasteiger partial charge is 0.324 e. The lowest BCUT2D eigenvalue weighted by atomic mass is 10.2. The molecular formula is C15H13N3O4S. The van der Waals surface area contributed by atoms with E-state index in [0.717, 1.165) is 24.2 Å². The summed E-state index contributed by atoms with van der Waals surface area (Å²) in [6.45, 7) is 0. The number of carbonyl (C=O) groups excluding carboxylic acids is 2. The molecule has 1 fully saturated rings. The maximum absolute atomic E-state index is 12.1. The molecule has 1 aliphatic rings. The first kappa shape index (κ1) is 15.2. The molecule has 0 unspecified atom stereocenters. The molecule has 0 radical (unpaired) electrons. The van der Waals surface area contributed by atoms with Crippen LogP contribution in [-0.2, 0) is 4.79 Å². The van der Waals surface area contributed by atoms with Crippen LogP contribution in [0.5, 0.6) is 0 Å². The van der Waals surface area contributed by atoms with Crippen molar-refractivity contribution in [3.8, 4) is 0 Å². The fourth-order valence-corrected chi connectivity index (χ4v) is 2.72. The quantitative estimate of drug-likeness (QED) is 0.648. The second kappa shape index (κ2) is 6.17. The van der Waals surface area contributed by atoms with Gasteiger partial charge >= 0.3 is 5.00 Å². The fourth-order valence-electron chi connectivity index (χ4n) is 2.01. The molecule has 0 aliphatic heterocycles. The third kappa shape index (κ3) is 3.72. The van der Waals surface area contributed by atoms with E-state index >= 15 is 0 Å². The number of amides is 2. The molecule has 0 bridgehead atoms. The minimum Gasteiger partial charge on any atom is -0.326 e. The highest BCUT2D eigenvalue weighted by Crippen LogP contribution is 2.30. The van der Waals surface area contributed by atoms with Crippen molar-refractivity contribution in [1.29, 1.82) is 0 Å². The van der Waals surface area contributed by atoms with Gasteiger partial charge in [-0.3, -0.25) is 19.7 Å². The number of rotatable bonds is 5. The number of nitrogens with one attached hydrogen (secondary N) is 2. The van der Waals surface area contributed by atoms with E-state index in [-0.39, 0.29) is 21.7 Å². The molecule has 118 valence electrons. The normalized spacial score (nSPS) is 13.4. The first-order valence-electron chi connectivity index (χ1n) is 6.99. The molecule has 2 N–H and O–H groups in total. The highest BCUT2D eigenvalue weighted by atomic mass is 32.1. The molecule has 7 nitrogen and oxygen atoms in total. The van der Waals surface area contributed by atoms with Gasteiger partial charge in [-0.05, 0) is 37.1 Å². The van der Waals surface area contributed by atoms with Crippen LogP contribution in [0.3, 0.4) is 0 Å². The molecule has 1 aromatic heterocycles. The molecule has 0 spiro atoms. The lowest BCUT2D eigenvalue weighted by Gasteiger charge is -2.07. The maximum atomic E-state index is 12.1. The van der Waals surface area contributed by atoms with Crippen molar-refractivity contribution in [2.75, 3.05) is 10.6 Å². The number of thiophene rings is 1. The average Bonchev–Trinajstić information content (AvgIpc) is 3.24. The number of hydrogen-bond donors (Lipinski definition) is 2. The van der Waals surface area contributed by atoms with Gasteiger partial charge in [-0.25, -0.2) is 0 Å². The average molecular weight is 331 g/mol. The van der Waals surface area contributed by atoms with Crippen molar-refractivity contribution in [2.24, 2.45) is 5.92 Å². The molecule has 2 amide bonds. The largest absolute Gasteiger partial charge is 0.326 e. The molecular weight excluding hydrogens is 318 g/mol. The van der Waals surface area contributed by atoms with Gasteiger partial charge in [0.25, 0.3) is 5.91 Å². The summed E-state index contributed by atoms with van der Waals surface area (Å²) in [6, 6.07) is 9.51. The van der Waals surface area contributed by atoms with Crippen molar-refractivity contribution in [3.05, 3.63) is 51.4 Å². The van der Waals surface area contributed by atoms with E-state index in [4.69, 9.17) is 0 Å². The monoisotopic (exact) mass is 331 g/mol. The number of benzene rings is 1. The van der Waals surface area contributed by atoms with Crippen LogP contribution in [0.1, 0.15) is 22.5 Å². The molecule has 1 aliphatic carbocycles. The van der Waals surface area contributed by atoms with Gasteiger partial charge in [0.05, 0.1) is 9.80 Å². The molecule has 0 atom stereocenters. The lowest BCUT2D eigenvalue weighted by molar-refractivity contribution is -0.380. The van der Waals surface area contributed by atoms with Crippen molar-refractivity contribution < 1.29 is 14.5 Å². The molecule has 8 heteroatoms. The van der Waals surface area contributed by atoms with Crippen LogP contribution in [0.25, 0.3) is 0 Å². The van der Waals surface area contributed by atoms with Crippen molar-refractivity contribution >= 4 is 39.5 Å². The van der Waals surface area contributed by atoms with Gasteiger partial charge in [0.1, 0.15) is 0 Å². The van der Waals surface area contributed by atoms with E-state index < -0.39 is 10.8 Å². The van der Waals surface area contributed by atoms with E-state index in [0.29, 0.717) is 11.4 Å². The topological polar surface area (TPSA) is 101 Å². The van der Waals surface area contributed by atoms with Crippen molar-refractivity contribution in [1.82, 2.24) is 0 Å². The second-order valence-electron chi connectivity index (χ2n) is 5.19. The zero-order valence-electron chi connectivity index (χ0n) is 11.9. The third-order valence-electron chi connectivity index (χ3n) is 3.33. The Balaban J connectivity index is 1.67. The van der Waals surface area contributed by atoms with Gasteiger partial charge in [0.15, 0.2) is 0 Å². The van der Waals surface area contributed by atoms with E-state index in [1.54, 1.807) is 24.3 Å². The molecule has 1 aromatic carbocycles. The van der Waals surface area contributed by atoms with Crippen LogP contribution in [-0.4, -0.2) is 16.7 Å². The van der Waals surface area contributed by atoms with Gasteiger partial charge in [0, 0.05) is 23.4 Å². The Morgan fingerprint density at radius 1 is 1.13 bits per heavy atom. The Morgan fingerprint density at radius 3 is 2.43 bits per heavy atom. The summed E-state index contributed by atoms with van der Waals surface area (Å²) in [5, 5.41) is 16.0. The zero-order valence-corrected chi connectivity index (χ0v) is 12.8. The van der Waals surface area contributed by atoms with Crippen molar-refractivity contribution in [3.63, 3.8) is 0 Å². The first-order chi connectivity index (χ1) is 11.0. The highest BCUT2D eigenvalue weighted by Gasteiger charge is 2.29. The number of nitrogens with zero attached hydrogens (tertiary/aromatic N) is 1. The number of hydrogen-bond acceptors (Lipinski definition) is 5. The van der Waals surface area contributed by atoms with Crippen LogP contribution < -0.4 is 10.6 Å².